The van der Waals surface area contributed by atoms with E-state index in [1.165, 1.54) is 16.5 Å². The second kappa shape index (κ2) is 3.60. The third kappa shape index (κ3) is 1.35. The Labute approximate surface area is 110 Å². The van der Waals surface area contributed by atoms with E-state index in [9.17, 15) is 0 Å². The number of fused-ring (bicyclic) bond motifs is 5. The van der Waals surface area contributed by atoms with Gasteiger partial charge >= 0.3 is 0 Å². The summed E-state index contributed by atoms with van der Waals surface area (Å²) in [6.07, 6.45) is 2.05. The minimum atomic E-state index is 0.503. The first-order valence-corrected chi connectivity index (χ1v) is 6.63. The summed E-state index contributed by atoms with van der Waals surface area (Å²) in [5.41, 5.74) is 5.69. The molecule has 0 fully saturated rings. The zero-order valence-corrected chi connectivity index (χ0v) is 11.0. The molecule has 1 aromatic carbocycles. The van der Waals surface area contributed by atoms with Crippen LogP contribution in [0.2, 0.25) is 0 Å². The molecule has 0 saturated carbocycles. The number of hydrogen-bond donors (Lipinski definition) is 1. The quantitative estimate of drug-likeness (QED) is 0.541. The van der Waals surface area contributed by atoms with Crippen molar-refractivity contribution < 1.29 is 0 Å². The third-order valence-corrected chi connectivity index (χ3v) is 3.75. The Bertz CT molecular complexity index is 896. The molecule has 94 valence electrons. The Balaban J connectivity index is 2.22. The Hall–Kier alpha value is -2.29. The lowest BCUT2D eigenvalue weighted by molar-refractivity contribution is 0.874. The molecule has 19 heavy (non-hydrogen) atoms. The van der Waals surface area contributed by atoms with Crippen LogP contribution >= 0.6 is 0 Å². The van der Waals surface area contributed by atoms with Crippen molar-refractivity contribution in [2.75, 3.05) is 0 Å². The molecule has 0 amide bonds. The van der Waals surface area contributed by atoms with E-state index in [1.807, 2.05) is 18.2 Å². The monoisotopic (exact) mass is 249 g/mol. The topological polar surface area (TPSA) is 33.1 Å². The number of para-hydroxylation sites is 1. The van der Waals surface area contributed by atoms with Crippen LogP contribution in [0.4, 0.5) is 0 Å². The molecule has 0 aliphatic heterocycles. The van der Waals surface area contributed by atoms with Gasteiger partial charge in [-0.25, -0.2) is 4.98 Å². The van der Waals surface area contributed by atoms with Crippen LogP contribution in [0, 0.1) is 0 Å². The highest BCUT2D eigenvalue weighted by Crippen LogP contribution is 2.30. The van der Waals surface area contributed by atoms with Crippen LogP contribution in [-0.2, 0) is 0 Å². The number of rotatable bonds is 1. The lowest BCUT2D eigenvalue weighted by Crippen LogP contribution is -1.89. The van der Waals surface area contributed by atoms with E-state index in [2.05, 4.69) is 47.6 Å². The summed E-state index contributed by atoms with van der Waals surface area (Å²) in [5, 5.41) is 1.21. The molecule has 0 aliphatic carbocycles. The number of nitrogens with one attached hydrogen (secondary N) is 1. The maximum Gasteiger partial charge on any atom is 0.143 e. The van der Waals surface area contributed by atoms with Gasteiger partial charge < -0.3 is 4.98 Å². The van der Waals surface area contributed by atoms with Gasteiger partial charge in [-0.15, -0.1) is 0 Å². The molecular formula is C16H15N3. The lowest BCUT2D eigenvalue weighted by atomic mass is 10.0. The molecule has 0 spiro atoms. The number of aromatic nitrogens is 3. The van der Waals surface area contributed by atoms with Gasteiger partial charge in [-0.2, -0.15) is 0 Å². The zero-order chi connectivity index (χ0) is 13.0. The van der Waals surface area contributed by atoms with E-state index in [0.717, 1.165) is 16.8 Å². The Morgan fingerprint density at radius 2 is 2.00 bits per heavy atom. The summed E-state index contributed by atoms with van der Waals surface area (Å²) in [6, 6.07) is 12.5. The number of H-pyrrole nitrogens is 1. The first-order chi connectivity index (χ1) is 9.25. The summed E-state index contributed by atoms with van der Waals surface area (Å²) in [5.74, 6) is 0.503. The van der Waals surface area contributed by atoms with Crippen LogP contribution in [-0.4, -0.2) is 14.4 Å². The van der Waals surface area contributed by atoms with Crippen LogP contribution in [0.3, 0.4) is 0 Å². The van der Waals surface area contributed by atoms with Crippen molar-refractivity contribution in [1.82, 2.24) is 14.4 Å². The van der Waals surface area contributed by atoms with Crippen LogP contribution in [0.15, 0.2) is 42.6 Å². The highest BCUT2D eigenvalue weighted by molar-refractivity contribution is 6.06. The molecule has 3 nitrogen and oxygen atoms in total. The van der Waals surface area contributed by atoms with Crippen molar-refractivity contribution in [2.45, 2.75) is 19.8 Å². The fraction of sp³-hybridized carbons (Fsp3) is 0.188. The van der Waals surface area contributed by atoms with Gasteiger partial charge in [0.05, 0.1) is 5.52 Å². The predicted molar refractivity (Wildman–Crippen MR) is 78.6 cm³/mol. The average molecular weight is 249 g/mol. The molecule has 3 aromatic heterocycles. The predicted octanol–water partition coefficient (Wildman–Crippen LogP) is 4.09. The second-order valence-electron chi connectivity index (χ2n) is 5.29. The molecular weight excluding hydrogens is 234 g/mol. The molecule has 0 radical (unpaired) electrons. The van der Waals surface area contributed by atoms with Gasteiger partial charge in [0.25, 0.3) is 0 Å². The van der Waals surface area contributed by atoms with Gasteiger partial charge in [0.1, 0.15) is 16.8 Å². The van der Waals surface area contributed by atoms with Gasteiger partial charge in [0.15, 0.2) is 0 Å². The number of pyridine rings is 1. The summed E-state index contributed by atoms with van der Waals surface area (Å²) in [4.78, 5) is 8.29. The first-order valence-electron chi connectivity index (χ1n) is 6.63. The fourth-order valence-electron chi connectivity index (χ4n) is 2.81. The normalized spacial score (nSPS) is 12.2. The van der Waals surface area contributed by atoms with Crippen LogP contribution < -0.4 is 0 Å². The van der Waals surface area contributed by atoms with E-state index in [1.54, 1.807) is 0 Å². The van der Waals surface area contributed by atoms with E-state index in [0.29, 0.717) is 5.92 Å². The maximum absolute atomic E-state index is 4.74. The smallest absolute Gasteiger partial charge is 0.143 e. The van der Waals surface area contributed by atoms with Crippen LogP contribution in [0.25, 0.3) is 27.7 Å². The van der Waals surface area contributed by atoms with E-state index in [-0.39, 0.29) is 0 Å². The summed E-state index contributed by atoms with van der Waals surface area (Å²) in [6.45, 7) is 4.44. The Morgan fingerprint density at radius 3 is 2.84 bits per heavy atom. The SMILES string of the molecule is CC(C)c1cccc2c1[nH]c1c2nc2ccccn21. The molecule has 0 saturated heterocycles. The highest BCUT2D eigenvalue weighted by Gasteiger charge is 2.14. The first kappa shape index (κ1) is 10.6. The van der Waals surface area contributed by atoms with Gasteiger partial charge in [0, 0.05) is 11.6 Å². The number of aromatic amines is 1. The lowest BCUT2D eigenvalue weighted by Gasteiger charge is -2.06. The molecule has 0 bridgehead atoms. The van der Waals surface area contributed by atoms with Crippen molar-refractivity contribution in [3.63, 3.8) is 0 Å². The van der Waals surface area contributed by atoms with Crippen molar-refractivity contribution in [1.29, 1.82) is 0 Å². The molecule has 4 rings (SSSR count). The number of hydrogen-bond acceptors (Lipinski definition) is 1. The van der Waals surface area contributed by atoms with Gasteiger partial charge in [0.2, 0.25) is 0 Å². The minimum Gasteiger partial charge on any atom is -0.339 e. The Morgan fingerprint density at radius 1 is 1.11 bits per heavy atom. The average Bonchev–Trinajstić information content (AvgIpc) is 2.94. The van der Waals surface area contributed by atoms with E-state index in [4.69, 9.17) is 4.98 Å². The van der Waals surface area contributed by atoms with Crippen LogP contribution in [0.5, 0.6) is 0 Å². The molecule has 4 aromatic rings. The second-order valence-corrected chi connectivity index (χ2v) is 5.29. The summed E-state index contributed by atoms with van der Waals surface area (Å²) >= 11 is 0. The van der Waals surface area contributed by atoms with E-state index < -0.39 is 0 Å². The van der Waals surface area contributed by atoms with Crippen molar-refractivity contribution in [3.8, 4) is 0 Å². The fourth-order valence-corrected chi connectivity index (χ4v) is 2.81. The highest BCUT2D eigenvalue weighted by atomic mass is 15.1. The standard InChI is InChI=1S/C16H15N3/c1-10(2)11-6-5-7-12-14(11)18-16-15(12)17-13-8-3-4-9-19(13)16/h3-10,18H,1-2H3. The number of nitrogens with zero attached hydrogens (tertiary/aromatic N) is 2. The maximum atomic E-state index is 4.74. The summed E-state index contributed by atoms with van der Waals surface area (Å²) < 4.78 is 2.11. The molecule has 3 heterocycles. The van der Waals surface area contributed by atoms with Crippen molar-refractivity contribution in [3.05, 3.63) is 48.2 Å². The molecule has 0 atom stereocenters. The number of benzene rings is 1. The van der Waals surface area contributed by atoms with Gasteiger partial charge in [-0.05, 0) is 23.6 Å². The van der Waals surface area contributed by atoms with Gasteiger partial charge in [-0.1, -0.05) is 38.1 Å². The van der Waals surface area contributed by atoms with E-state index >= 15 is 0 Å². The Kier molecular flexibility index (Phi) is 2.01. The molecule has 0 aliphatic rings. The molecule has 3 heteroatoms. The third-order valence-electron chi connectivity index (χ3n) is 3.75. The van der Waals surface area contributed by atoms with Crippen molar-refractivity contribution >= 4 is 27.7 Å². The molecule has 0 unspecified atom stereocenters. The largest absolute Gasteiger partial charge is 0.339 e. The summed E-state index contributed by atoms with van der Waals surface area (Å²) in [7, 11) is 0. The van der Waals surface area contributed by atoms with Crippen molar-refractivity contribution in [2.24, 2.45) is 0 Å². The molecule has 1 N–H and O–H groups in total. The van der Waals surface area contributed by atoms with Crippen LogP contribution in [0.1, 0.15) is 25.3 Å². The zero-order valence-electron chi connectivity index (χ0n) is 11.0. The number of imidazole rings is 1. The van der Waals surface area contributed by atoms with Gasteiger partial charge in [-0.3, -0.25) is 4.40 Å². The minimum absolute atomic E-state index is 0.503.